The SMILES string of the molecule is N#CC1=CSCC=N1. The Labute approximate surface area is 51.9 Å². The smallest absolute Gasteiger partial charge is 0.146 e. The molecule has 0 saturated heterocycles. The molecule has 0 unspecified atom stereocenters. The van der Waals surface area contributed by atoms with E-state index in [2.05, 4.69) is 4.99 Å². The van der Waals surface area contributed by atoms with E-state index in [1.54, 1.807) is 23.4 Å². The van der Waals surface area contributed by atoms with E-state index in [-0.39, 0.29) is 0 Å². The second-order valence-electron chi connectivity index (χ2n) is 1.26. The molecule has 0 spiro atoms. The third-order valence-corrected chi connectivity index (χ3v) is 1.44. The van der Waals surface area contributed by atoms with Gasteiger partial charge in [0.2, 0.25) is 0 Å². The van der Waals surface area contributed by atoms with Gasteiger partial charge in [-0.15, -0.1) is 11.8 Å². The molecule has 0 aromatic rings. The molecule has 0 amide bonds. The lowest BCUT2D eigenvalue weighted by Gasteiger charge is -1.93. The number of thioether (sulfide) groups is 1. The summed E-state index contributed by atoms with van der Waals surface area (Å²) in [5.74, 6) is 0.894. The number of nitrogens with zero attached hydrogens (tertiary/aromatic N) is 2. The largest absolute Gasteiger partial charge is 0.248 e. The molecular formula is C5H4N2S. The molecule has 1 heterocycles. The van der Waals surface area contributed by atoms with Crippen molar-refractivity contribution in [3.8, 4) is 6.07 Å². The van der Waals surface area contributed by atoms with Gasteiger partial charge in [-0.25, -0.2) is 4.99 Å². The highest BCUT2D eigenvalue weighted by atomic mass is 32.2. The summed E-state index contributed by atoms with van der Waals surface area (Å²) in [6, 6.07) is 1.95. The van der Waals surface area contributed by atoms with E-state index in [9.17, 15) is 0 Å². The standard InChI is InChI=1S/C5H4N2S/c6-3-5-4-8-2-1-7-5/h1,4H,2H2. The van der Waals surface area contributed by atoms with Crippen LogP contribution in [0, 0.1) is 11.3 Å². The number of hydrogen-bond acceptors (Lipinski definition) is 3. The second kappa shape index (κ2) is 2.53. The minimum atomic E-state index is 0.515. The van der Waals surface area contributed by atoms with Crippen LogP contribution >= 0.6 is 11.8 Å². The zero-order chi connectivity index (χ0) is 5.82. The molecule has 0 atom stereocenters. The first-order valence-corrected chi connectivity index (χ1v) is 3.23. The number of rotatable bonds is 0. The molecule has 1 rings (SSSR count). The van der Waals surface area contributed by atoms with Gasteiger partial charge in [0.25, 0.3) is 0 Å². The molecule has 0 aliphatic carbocycles. The highest BCUT2D eigenvalue weighted by Gasteiger charge is 1.93. The van der Waals surface area contributed by atoms with Gasteiger partial charge in [-0.3, -0.25) is 0 Å². The average Bonchev–Trinajstić information content (AvgIpc) is 1.90. The van der Waals surface area contributed by atoms with E-state index >= 15 is 0 Å². The van der Waals surface area contributed by atoms with Crippen molar-refractivity contribution in [3.05, 3.63) is 11.1 Å². The summed E-state index contributed by atoms with van der Waals surface area (Å²) in [4.78, 5) is 3.80. The van der Waals surface area contributed by atoms with Crippen molar-refractivity contribution in [2.45, 2.75) is 0 Å². The molecule has 1 aliphatic rings. The Balaban J connectivity index is 2.68. The molecule has 0 fully saturated rings. The summed E-state index contributed by atoms with van der Waals surface area (Å²) in [5, 5.41) is 10.0. The highest BCUT2D eigenvalue weighted by molar-refractivity contribution is 8.02. The van der Waals surface area contributed by atoms with Crippen molar-refractivity contribution in [3.63, 3.8) is 0 Å². The van der Waals surface area contributed by atoms with E-state index in [0.717, 1.165) is 5.75 Å². The van der Waals surface area contributed by atoms with Gasteiger partial charge in [-0.05, 0) is 0 Å². The predicted octanol–water partition coefficient (Wildman–Crippen LogP) is 1.17. The van der Waals surface area contributed by atoms with Gasteiger partial charge in [0.1, 0.15) is 11.8 Å². The van der Waals surface area contributed by atoms with Gasteiger partial charge in [-0.1, -0.05) is 0 Å². The Bertz CT molecular complexity index is 175. The summed E-state index contributed by atoms with van der Waals surface area (Å²) < 4.78 is 0. The summed E-state index contributed by atoms with van der Waals surface area (Å²) in [6.07, 6.45) is 1.74. The molecule has 40 valence electrons. The lowest BCUT2D eigenvalue weighted by atomic mass is 10.6. The van der Waals surface area contributed by atoms with E-state index in [0.29, 0.717) is 5.70 Å². The monoisotopic (exact) mass is 124 g/mol. The summed E-state index contributed by atoms with van der Waals surface area (Å²) in [7, 11) is 0. The van der Waals surface area contributed by atoms with Crippen molar-refractivity contribution in [1.82, 2.24) is 0 Å². The maximum atomic E-state index is 8.25. The first-order chi connectivity index (χ1) is 3.93. The summed E-state index contributed by atoms with van der Waals surface area (Å²) >= 11 is 1.59. The van der Waals surface area contributed by atoms with Crippen LogP contribution < -0.4 is 0 Å². The maximum Gasteiger partial charge on any atom is 0.146 e. The molecule has 1 aliphatic heterocycles. The third kappa shape index (κ3) is 1.11. The Morgan fingerprint density at radius 1 is 1.88 bits per heavy atom. The molecule has 0 saturated carbocycles. The topological polar surface area (TPSA) is 36.1 Å². The summed E-state index contributed by atoms with van der Waals surface area (Å²) in [5.41, 5.74) is 0.515. The Morgan fingerprint density at radius 2 is 2.75 bits per heavy atom. The lowest BCUT2D eigenvalue weighted by Crippen LogP contribution is -1.85. The Kier molecular flexibility index (Phi) is 1.70. The van der Waals surface area contributed by atoms with Gasteiger partial charge < -0.3 is 0 Å². The molecule has 0 aromatic carbocycles. The van der Waals surface area contributed by atoms with Gasteiger partial charge >= 0.3 is 0 Å². The van der Waals surface area contributed by atoms with Crippen LogP contribution in [0.2, 0.25) is 0 Å². The molecular weight excluding hydrogens is 120 g/mol. The minimum absolute atomic E-state index is 0.515. The minimum Gasteiger partial charge on any atom is -0.248 e. The van der Waals surface area contributed by atoms with Crippen LogP contribution in [0.15, 0.2) is 16.1 Å². The van der Waals surface area contributed by atoms with Gasteiger partial charge in [0.15, 0.2) is 0 Å². The number of nitriles is 1. The van der Waals surface area contributed by atoms with Crippen LogP contribution in [0.3, 0.4) is 0 Å². The average molecular weight is 124 g/mol. The summed E-state index contributed by atoms with van der Waals surface area (Å²) in [6.45, 7) is 0. The van der Waals surface area contributed by atoms with Crippen LogP contribution in [-0.4, -0.2) is 12.0 Å². The van der Waals surface area contributed by atoms with E-state index in [1.807, 2.05) is 6.07 Å². The first-order valence-electron chi connectivity index (χ1n) is 2.18. The zero-order valence-corrected chi connectivity index (χ0v) is 4.98. The van der Waals surface area contributed by atoms with E-state index in [4.69, 9.17) is 5.26 Å². The first kappa shape index (κ1) is 5.39. The van der Waals surface area contributed by atoms with Gasteiger partial charge in [0.05, 0.1) is 0 Å². The van der Waals surface area contributed by atoms with Crippen molar-refractivity contribution in [2.75, 3.05) is 5.75 Å². The van der Waals surface area contributed by atoms with Crippen molar-refractivity contribution < 1.29 is 0 Å². The van der Waals surface area contributed by atoms with Crippen LogP contribution in [0.5, 0.6) is 0 Å². The lowest BCUT2D eigenvalue weighted by molar-refractivity contribution is 1.39. The van der Waals surface area contributed by atoms with Crippen LogP contribution in [0.1, 0.15) is 0 Å². The number of hydrogen-bond donors (Lipinski definition) is 0. The number of allylic oxidation sites excluding steroid dienone is 1. The van der Waals surface area contributed by atoms with Crippen molar-refractivity contribution in [1.29, 1.82) is 5.26 Å². The zero-order valence-electron chi connectivity index (χ0n) is 4.16. The molecule has 0 N–H and O–H groups in total. The number of aliphatic imine (C=N–C) groups is 1. The third-order valence-electron chi connectivity index (χ3n) is 0.711. The van der Waals surface area contributed by atoms with Crippen LogP contribution in [-0.2, 0) is 0 Å². The van der Waals surface area contributed by atoms with Crippen molar-refractivity contribution >= 4 is 18.0 Å². The Morgan fingerprint density at radius 3 is 3.12 bits per heavy atom. The second-order valence-corrected chi connectivity index (χ2v) is 2.16. The fourth-order valence-electron chi connectivity index (χ4n) is 0.391. The van der Waals surface area contributed by atoms with Crippen LogP contribution in [0.4, 0.5) is 0 Å². The Hall–Kier alpha value is -0.750. The van der Waals surface area contributed by atoms with Crippen LogP contribution in [0.25, 0.3) is 0 Å². The predicted molar refractivity (Wildman–Crippen MR) is 34.6 cm³/mol. The molecule has 2 nitrogen and oxygen atoms in total. The molecule has 0 aromatic heterocycles. The van der Waals surface area contributed by atoms with E-state index < -0.39 is 0 Å². The molecule has 0 radical (unpaired) electrons. The quantitative estimate of drug-likeness (QED) is 0.486. The molecule has 8 heavy (non-hydrogen) atoms. The fraction of sp³-hybridized carbons (Fsp3) is 0.200. The normalized spacial score (nSPS) is 17.1. The fourth-order valence-corrected chi connectivity index (χ4v) is 0.920. The molecule has 0 bridgehead atoms. The van der Waals surface area contributed by atoms with E-state index in [1.165, 1.54) is 0 Å². The highest BCUT2D eigenvalue weighted by Crippen LogP contribution is 2.10. The van der Waals surface area contributed by atoms with Gasteiger partial charge in [0, 0.05) is 17.4 Å². The van der Waals surface area contributed by atoms with Gasteiger partial charge in [-0.2, -0.15) is 5.26 Å². The van der Waals surface area contributed by atoms with Crippen molar-refractivity contribution in [2.24, 2.45) is 4.99 Å². The maximum absolute atomic E-state index is 8.25. The molecule has 3 heteroatoms.